The molecule has 1 aromatic heterocycles. The molecule has 0 N–H and O–H groups in total. The average molecular weight is 251 g/mol. The number of nitrogens with zero attached hydrogens (tertiary/aromatic N) is 2. The van der Waals surface area contributed by atoms with Gasteiger partial charge < -0.3 is 0 Å². The average Bonchev–Trinajstić information content (AvgIpc) is 2.35. The predicted octanol–water partition coefficient (Wildman–Crippen LogP) is 3.81. The predicted molar refractivity (Wildman–Crippen MR) is 66.6 cm³/mol. The lowest BCUT2D eigenvalue weighted by atomic mass is 10.0. The molecular formula is C13H12ClFN2. The summed E-state index contributed by atoms with van der Waals surface area (Å²) in [5.41, 5.74) is 2.29. The van der Waals surface area contributed by atoms with E-state index in [4.69, 9.17) is 11.6 Å². The second-order valence-electron chi connectivity index (χ2n) is 3.75. The Morgan fingerprint density at radius 3 is 2.59 bits per heavy atom. The monoisotopic (exact) mass is 250 g/mol. The minimum absolute atomic E-state index is 0.126. The molecule has 2 aromatic rings. The quantitative estimate of drug-likeness (QED) is 0.758. The fourth-order valence-electron chi connectivity index (χ4n) is 1.69. The SMILES string of the molecule is CCc1ccccc1-c1nc(C)c(F)c(Cl)n1. The molecule has 0 spiro atoms. The van der Waals surface area contributed by atoms with E-state index in [1.807, 2.05) is 24.3 Å². The molecule has 0 fully saturated rings. The van der Waals surface area contributed by atoms with E-state index >= 15 is 0 Å². The van der Waals surface area contributed by atoms with Crippen molar-refractivity contribution >= 4 is 11.6 Å². The molecule has 0 aliphatic heterocycles. The third-order valence-corrected chi connectivity index (χ3v) is 2.87. The fourth-order valence-corrected chi connectivity index (χ4v) is 1.91. The number of benzene rings is 1. The summed E-state index contributed by atoms with van der Waals surface area (Å²) in [4.78, 5) is 8.13. The highest BCUT2D eigenvalue weighted by molar-refractivity contribution is 6.29. The van der Waals surface area contributed by atoms with Crippen molar-refractivity contribution in [1.29, 1.82) is 0 Å². The van der Waals surface area contributed by atoms with E-state index in [1.165, 1.54) is 0 Å². The zero-order chi connectivity index (χ0) is 12.4. The lowest BCUT2D eigenvalue weighted by Gasteiger charge is -2.08. The number of aromatic nitrogens is 2. The van der Waals surface area contributed by atoms with Gasteiger partial charge in [0.15, 0.2) is 16.8 Å². The first-order chi connectivity index (χ1) is 8.13. The summed E-state index contributed by atoms with van der Waals surface area (Å²) < 4.78 is 13.4. The van der Waals surface area contributed by atoms with Gasteiger partial charge in [-0.2, -0.15) is 0 Å². The van der Waals surface area contributed by atoms with Crippen LogP contribution in [0.4, 0.5) is 4.39 Å². The van der Waals surface area contributed by atoms with Crippen LogP contribution < -0.4 is 0 Å². The second-order valence-corrected chi connectivity index (χ2v) is 4.11. The van der Waals surface area contributed by atoms with Gasteiger partial charge in [-0.3, -0.25) is 0 Å². The Hall–Kier alpha value is -1.48. The van der Waals surface area contributed by atoms with Crippen LogP contribution in [0.5, 0.6) is 0 Å². The molecule has 0 amide bonds. The minimum atomic E-state index is -0.551. The maximum absolute atomic E-state index is 13.4. The van der Waals surface area contributed by atoms with Crippen molar-refractivity contribution in [3.8, 4) is 11.4 Å². The van der Waals surface area contributed by atoms with Crippen molar-refractivity contribution in [2.45, 2.75) is 20.3 Å². The number of hydrogen-bond donors (Lipinski definition) is 0. The van der Waals surface area contributed by atoms with Gasteiger partial charge in [0.2, 0.25) is 0 Å². The highest BCUT2D eigenvalue weighted by atomic mass is 35.5. The van der Waals surface area contributed by atoms with Crippen LogP contribution in [0.25, 0.3) is 11.4 Å². The summed E-state index contributed by atoms with van der Waals surface area (Å²) in [6.07, 6.45) is 0.869. The molecule has 17 heavy (non-hydrogen) atoms. The highest BCUT2D eigenvalue weighted by Crippen LogP contribution is 2.24. The van der Waals surface area contributed by atoms with Gasteiger partial charge in [-0.05, 0) is 18.9 Å². The number of rotatable bonds is 2. The summed E-state index contributed by atoms with van der Waals surface area (Å²) >= 11 is 5.74. The first-order valence-corrected chi connectivity index (χ1v) is 5.79. The molecule has 0 saturated carbocycles. The first kappa shape index (κ1) is 12.0. The van der Waals surface area contributed by atoms with Gasteiger partial charge in [0.05, 0.1) is 5.69 Å². The Morgan fingerprint density at radius 2 is 1.94 bits per heavy atom. The van der Waals surface area contributed by atoms with Gasteiger partial charge in [-0.25, -0.2) is 14.4 Å². The Bertz CT molecular complexity index is 532. The first-order valence-electron chi connectivity index (χ1n) is 5.41. The maximum Gasteiger partial charge on any atom is 0.181 e. The molecule has 0 atom stereocenters. The Morgan fingerprint density at radius 1 is 1.24 bits per heavy atom. The zero-order valence-corrected chi connectivity index (χ0v) is 10.4. The van der Waals surface area contributed by atoms with Crippen LogP contribution in [0, 0.1) is 12.7 Å². The van der Waals surface area contributed by atoms with Crippen LogP contribution in [0.3, 0.4) is 0 Å². The van der Waals surface area contributed by atoms with Crippen molar-refractivity contribution in [3.05, 3.63) is 46.5 Å². The molecular weight excluding hydrogens is 239 g/mol. The summed E-state index contributed by atoms with van der Waals surface area (Å²) in [5.74, 6) is -0.0734. The lowest BCUT2D eigenvalue weighted by molar-refractivity contribution is 0.603. The minimum Gasteiger partial charge on any atom is -0.230 e. The number of halogens is 2. The van der Waals surface area contributed by atoms with E-state index in [0.29, 0.717) is 5.82 Å². The highest BCUT2D eigenvalue weighted by Gasteiger charge is 2.12. The molecule has 4 heteroatoms. The van der Waals surface area contributed by atoms with Crippen molar-refractivity contribution in [2.24, 2.45) is 0 Å². The molecule has 88 valence electrons. The number of aryl methyl sites for hydroxylation is 2. The third kappa shape index (κ3) is 2.29. The van der Waals surface area contributed by atoms with Crippen LogP contribution in [-0.2, 0) is 6.42 Å². The summed E-state index contributed by atoms with van der Waals surface area (Å²) in [6.45, 7) is 3.64. The fraction of sp³-hybridized carbons (Fsp3) is 0.231. The molecule has 0 aliphatic rings. The van der Waals surface area contributed by atoms with Crippen LogP contribution in [0.2, 0.25) is 5.15 Å². The molecule has 0 unspecified atom stereocenters. The molecule has 1 aromatic carbocycles. The van der Waals surface area contributed by atoms with Gasteiger partial charge in [-0.15, -0.1) is 0 Å². The molecule has 0 aliphatic carbocycles. The zero-order valence-electron chi connectivity index (χ0n) is 9.67. The summed E-state index contributed by atoms with van der Waals surface area (Å²) in [5, 5.41) is -0.126. The Labute approximate surface area is 104 Å². The van der Waals surface area contributed by atoms with Crippen molar-refractivity contribution in [1.82, 2.24) is 9.97 Å². The van der Waals surface area contributed by atoms with Gasteiger partial charge in [0, 0.05) is 5.56 Å². The largest absolute Gasteiger partial charge is 0.230 e. The third-order valence-electron chi connectivity index (χ3n) is 2.62. The van der Waals surface area contributed by atoms with Crippen LogP contribution in [-0.4, -0.2) is 9.97 Å². The van der Waals surface area contributed by atoms with Crippen molar-refractivity contribution < 1.29 is 4.39 Å². The smallest absolute Gasteiger partial charge is 0.181 e. The topological polar surface area (TPSA) is 25.8 Å². The van der Waals surface area contributed by atoms with Gasteiger partial charge in [0.25, 0.3) is 0 Å². The normalized spacial score (nSPS) is 10.6. The molecule has 1 heterocycles. The van der Waals surface area contributed by atoms with Crippen LogP contribution in [0.1, 0.15) is 18.2 Å². The van der Waals surface area contributed by atoms with E-state index < -0.39 is 5.82 Å². The van der Waals surface area contributed by atoms with E-state index in [-0.39, 0.29) is 10.8 Å². The van der Waals surface area contributed by atoms with E-state index in [2.05, 4.69) is 16.9 Å². The van der Waals surface area contributed by atoms with E-state index in [1.54, 1.807) is 6.92 Å². The molecule has 2 nitrogen and oxygen atoms in total. The maximum atomic E-state index is 13.4. The van der Waals surface area contributed by atoms with E-state index in [0.717, 1.165) is 17.5 Å². The standard InChI is InChI=1S/C13H12ClFN2/c1-3-9-6-4-5-7-10(9)13-16-8(2)11(15)12(14)17-13/h4-7H,3H2,1-2H3. The van der Waals surface area contributed by atoms with Gasteiger partial charge in [0.1, 0.15) is 0 Å². The number of hydrogen-bond acceptors (Lipinski definition) is 2. The molecule has 2 rings (SSSR count). The molecule has 0 saturated heterocycles. The van der Waals surface area contributed by atoms with E-state index in [9.17, 15) is 4.39 Å². The summed E-state index contributed by atoms with van der Waals surface area (Å²) in [6, 6.07) is 7.79. The van der Waals surface area contributed by atoms with Crippen LogP contribution >= 0.6 is 11.6 Å². The van der Waals surface area contributed by atoms with Crippen molar-refractivity contribution in [3.63, 3.8) is 0 Å². The van der Waals surface area contributed by atoms with Gasteiger partial charge >= 0.3 is 0 Å². The van der Waals surface area contributed by atoms with Gasteiger partial charge in [-0.1, -0.05) is 42.8 Å². The summed E-state index contributed by atoms with van der Waals surface area (Å²) in [7, 11) is 0. The second kappa shape index (κ2) is 4.80. The van der Waals surface area contributed by atoms with Crippen LogP contribution in [0.15, 0.2) is 24.3 Å². The Kier molecular flexibility index (Phi) is 3.38. The molecule has 0 radical (unpaired) electrons. The Balaban J connectivity index is 2.61. The lowest BCUT2D eigenvalue weighted by Crippen LogP contribution is -1.99. The van der Waals surface area contributed by atoms with Crippen molar-refractivity contribution in [2.75, 3.05) is 0 Å². The molecule has 0 bridgehead atoms.